The molecule has 1 aromatic rings. The zero-order valence-corrected chi connectivity index (χ0v) is 10.9. The van der Waals surface area contributed by atoms with Crippen LogP contribution in [0.4, 0.5) is 0 Å². The van der Waals surface area contributed by atoms with E-state index < -0.39 is 11.8 Å². The maximum Gasteiger partial charge on any atom is 0.309 e. The number of amides is 2. The Kier molecular flexibility index (Phi) is 6.15. The molecule has 2 N–H and O–H groups in total. The van der Waals surface area contributed by atoms with Crippen molar-refractivity contribution in [2.45, 2.75) is 13.5 Å². The van der Waals surface area contributed by atoms with E-state index in [1.807, 2.05) is 31.2 Å². The Morgan fingerprint density at radius 2 is 1.84 bits per heavy atom. The van der Waals surface area contributed by atoms with Crippen molar-refractivity contribution in [1.82, 2.24) is 10.6 Å². The summed E-state index contributed by atoms with van der Waals surface area (Å²) in [6.45, 7) is 6.55. The van der Waals surface area contributed by atoms with E-state index >= 15 is 0 Å². The lowest BCUT2D eigenvalue weighted by molar-refractivity contribution is -0.139. The average molecular weight is 262 g/mol. The van der Waals surface area contributed by atoms with Gasteiger partial charge in [0.05, 0.1) is 6.61 Å². The lowest BCUT2D eigenvalue weighted by Crippen LogP contribution is -2.39. The van der Waals surface area contributed by atoms with Crippen LogP contribution in [-0.4, -0.2) is 25.0 Å². The highest BCUT2D eigenvalue weighted by atomic mass is 16.5. The molecule has 0 aromatic heterocycles. The maximum absolute atomic E-state index is 11.4. The quantitative estimate of drug-likeness (QED) is 0.594. The fourth-order valence-corrected chi connectivity index (χ4v) is 1.38. The molecular weight excluding hydrogens is 244 g/mol. The van der Waals surface area contributed by atoms with Crippen molar-refractivity contribution in [3.8, 4) is 5.75 Å². The monoisotopic (exact) mass is 262 g/mol. The molecule has 1 aromatic carbocycles. The summed E-state index contributed by atoms with van der Waals surface area (Å²) in [5.74, 6) is -0.539. The van der Waals surface area contributed by atoms with E-state index in [1.54, 1.807) is 0 Å². The zero-order valence-electron chi connectivity index (χ0n) is 10.9. The molecule has 0 saturated heterocycles. The van der Waals surface area contributed by atoms with Gasteiger partial charge in [-0.3, -0.25) is 9.59 Å². The first-order valence-electron chi connectivity index (χ1n) is 6.06. The summed E-state index contributed by atoms with van der Waals surface area (Å²) in [5.41, 5.74) is 0.897. The molecule has 0 fully saturated rings. The first-order valence-corrected chi connectivity index (χ1v) is 6.06. The fourth-order valence-electron chi connectivity index (χ4n) is 1.38. The van der Waals surface area contributed by atoms with Gasteiger partial charge >= 0.3 is 11.8 Å². The molecule has 0 aliphatic carbocycles. The Labute approximate surface area is 112 Å². The summed E-state index contributed by atoms with van der Waals surface area (Å²) in [5, 5.41) is 4.94. The minimum atomic E-state index is -0.661. The second-order valence-electron chi connectivity index (χ2n) is 3.76. The van der Waals surface area contributed by atoms with Crippen molar-refractivity contribution in [3.63, 3.8) is 0 Å². The molecule has 0 radical (unpaired) electrons. The fraction of sp³-hybridized carbons (Fsp3) is 0.286. The number of carbonyl (C=O) groups excluding carboxylic acids is 2. The largest absolute Gasteiger partial charge is 0.494 e. The molecule has 1 rings (SSSR count). The summed E-state index contributed by atoms with van der Waals surface area (Å²) in [6.07, 6.45) is 1.51. The van der Waals surface area contributed by atoms with Gasteiger partial charge in [0, 0.05) is 13.1 Å². The van der Waals surface area contributed by atoms with Crippen LogP contribution >= 0.6 is 0 Å². The summed E-state index contributed by atoms with van der Waals surface area (Å²) < 4.78 is 5.31. The Morgan fingerprint density at radius 1 is 1.21 bits per heavy atom. The minimum Gasteiger partial charge on any atom is -0.494 e. The number of nitrogens with one attached hydrogen (secondary N) is 2. The summed E-state index contributed by atoms with van der Waals surface area (Å²) in [6, 6.07) is 7.32. The van der Waals surface area contributed by atoms with Crippen LogP contribution in [0.5, 0.6) is 5.75 Å². The lowest BCUT2D eigenvalue weighted by Gasteiger charge is -2.07. The third kappa shape index (κ3) is 5.25. The topological polar surface area (TPSA) is 67.4 Å². The summed E-state index contributed by atoms with van der Waals surface area (Å²) in [4.78, 5) is 22.7. The van der Waals surface area contributed by atoms with Crippen LogP contribution in [0.1, 0.15) is 12.5 Å². The van der Waals surface area contributed by atoms with Crippen LogP contribution in [0.15, 0.2) is 36.9 Å². The first kappa shape index (κ1) is 14.8. The van der Waals surface area contributed by atoms with Gasteiger partial charge in [-0.2, -0.15) is 0 Å². The number of hydrogen-bond acceptors (Lipinski definition) is 3. The Morgan fingerprint density at radius 3 is 2.42 bits per heavy atom. The number of benzene rings is 1. The van der Waals surface area contributed by atoms with Gasteiger partial charge in [-0.25, -0.2) is 0 Å². The highest BCUT2D eigenvalue weighted by molar-refractivity contribution is 6.35. The van der Waals surface area contributed by atoms with Crippen LogP contribution in [0.2, 0.25) is 0 Å². The third-order valence-electron chi connectivity index (χ3n) is 2.30. The highest BCUT2D eigenvalue weighted by Gasteiger charge is 2.11. The molecule has 0 bridgehead atoms. The predicted molar refractivity (Wildman–Crippen MR) is 72.7 cm³/mol. The molecule has 0 aliphatic heterocycles. The maximum atomic E-state index is 11.4. The Hall–Kier alpha value is -2.30. The van der Waals surface area contributed by atoms with Gasteiger partial charge in [0.1, 0.15) is 5.75 Å². The Balaban J connectivity index is 2.41. The Bertz CT molecular complexity index is 441. The molecule has 2 amide bonds. The van der Waals surface area contributed by atoms with E-state index in [4.69, 9.17) is 4.74 Å². The molecule has 0 saturated carbocycles. The van der Waals surface area contributed by atoms with E-state index in [1.165, 1.54) is 6.08 Å². The van der Waals surface area contributed by atoms with Gasteiger partial charge in [-0.05, 0) is 24.6 Å². The second kappa shape index (κ2) is 7.92. The molecule has 0 spiro atoms. The third-order valence-corrected chi connectivity index (χ3v) is 2.30. The molecule has 102 valence electrons. The van der Waals surface area contributed by atoms with Gasteiger partial charge in [0.15, 0.2) is 0 Å². The summed E-state index contributed by atoms with van der Waals surface area (Å²) >= 11 is 0. The number of rotatable bonds is 6. The van der Waals surface area contributed by atoms with Gasteiger partial charge < -0.3 is 15.4 Å². The molecule has 19 heavy (non-hydrogen) atoms. The van der Waals surface area contributed by atoms with Gasteiger partial charge in [0.25, 0.3) is 0 Å². The molecule has 0 heterocycles. The number of ether oxygens (including phenoxy) is 1. The standard InChI is InChI=1S/C14H18N2O3/c1-3-9-15-13(17)14(18)16-10-11-5-7-12(8-6-11)19-4-2/h3,5-8H,1,4,9-10H2,2H3,(H,15,17)(H,16,18). The van der Waals surface area contributed by atoms with E-state index in [2.05, 4.69) is 17.2 Å². The second-order valence-corrected chi connectivity index (χ2v) is 3.76. The smallest absolute Gasteiger partial charge is 0.309 e. The van der Waals surface area contributed by atoms with Crippen molar-refractivity contribution in [2.24, 2.45) is 0 Å². The molecule has 0 unspecified atom stereocenters. The SMILES string of the molecule is C=CCNC(=O)C(=O)NCc1ccc(OCC)cc1. The average Bonchev–Trinajstić information content (AvgIpc) is 2.44. The van der Waals surface area contributed by atoms with Crippen molar-refractivity contribution in [1.29, 1.82) is 0 Å². The van der Waals surface area contributed by atoms with E-state index in [0.29, 0.717) is 13.2 Å². The number of hydrogen-bond donors (Lipinski definition) is 2. The van der Waals surface area contributed by atoms with Crippen LogP contribution in [-0.2, 0) is 16.1 Å². The van der Waals surface area contributed by atoms with Crippen molar-refractivity contribution < 1.29 is 14.3 Å². The normalized spacial score (nSPS) is 9.53. The number of carbonyl (C=O) groups is 2. The van der Waals surface area contributed by atoms with E-state index in [-0.39, 0.29) is 6.54 Å². The molecule has 5 heteroatoms. The zero-order chi connectivity index (χ0) is 14.1. The lowest BCUT2D eigenvalue weighted by atomic mass is 10.2. The molecule has 0 atom stereocenters. The predicted octanol–water partition coefficient (Wildman–Crippen LogP) is 1.00. The van der Waals surface area contributed by atoms with Gasteiger partial charge in [0.2, 0.25) is 0 Å². The van der Waals surface area contributed by atoms with Crippen molar-refractivity contribution in [3.05, 3.63) is 42.5 Å². The van der Waals surface area contributed by atoms with Crippen molar-refractivity contribution >= 4 is 11.8 Å². The van der Waals surface area contributed by atoms with Crippen LogP contribution < -0.4 is 15.4 Å². The van der Waals surface area contributed by atoms with E-state index in [0.717, 1.165) is 11.3 Å². The van der Waals surface area contributed by atoms with Crippen molar-refractivity contribution in [2.75, 3.05) is 13.2 Å². The highest BCUT2D eigenvalue weighted by Crippen LogP contribution is 2.11. The van der Waals surface area contributed by atoms with Gasteiger partial charge in [-0.15, -0.1) is 6.58 Å². The summed E-state index contributed by atoms with van der Waals surface area (Å²) in [7, 11) is 0. The van der Waals surface area contributed by atoms with Crippen LogP contribution in [0.25, 0.3) is 0 Å². The molecular formula is C14H18N2O3. The van der Waals surface area contributed by atoms with Crippen LogP contribution in [0.3, 0.4) is 0 Å². The van der Waals surface area contributed by atoms with Crippen LogP contribution in [0, 0.1) is 0 Å². The minimum absolute atomic E-state index is 0.273. The van der Waals surface area contributed by atoms with E-state index in [9.17, 15) is 9.59 Å². The first-order chi connectivity index (χ1) is 9.17. The van der Waals surface area contributed by atoms with Gasteiger partial charge in [-0.1, -0.05) is 18.2 Å². The molecule has 0 aliphatic rings. The molecule has 5 nitrogen and oxygen atoms in total.